The third kappa shape index (κ3) is 2.70. The molecule has 2 atom stereocenters. The zero-order chi connectivity index (χ0) is 10.9. The fourth-order valence-corrected chi connectivity index (χ4v) is 1.23. The first-order valence-electron chi connectivity index (χ1n) is 4.68. The zero-order valence-electron chi connectivity index (χ0n) is 8.76. The Morgan fingerprint density at radius 2 is 1.93 bits per heavy atom. The number of hydrogen-bond acceptors (Lipinski definition) is 3. The van der Waals surface area contributed by atoms with Gasteiger partial charge in [0.05, 0.1) is 0 Å². The number of nitrogens with one attached hydrogen (secondary N) is 2. The number of carbonyl (C=O) groups excluding carboxylic acids is 2. The molecule has 0 bridgehead atoms. The van der Waals surface area contributed by atoms with Crippen LogP contribution in [0.25, 0.3) is 0 Å². The van der Waals surface area contributed by atoms with Crippen molar-refractivity contribution in [2.45, 2.75) is 44.8 Å². The van der Waals surface area contributed by atoms with Crippen molar-refractivity contribution in [2.24, 2.45) is 5.73 Å². The number of rotatable bonds is 3. The van der Waals surface area contributed by atoms with Crippen molar-refractivity contribution in [3.05, 3.63) is 0 Å². The summed E-state index contributed by atoms with van der Waals surface area (Å²) in [4.78, 5) is 22.4. The highest BCUT2D eigenvalue weighted by Crippen LogP contribution is 2.18. The Morgan fingerprint density at radius 3 is 2.29 bits per heavy atom. The summed E-state index contributed by atoms with van der Waals surface area (Å²) in [6.45, 7) is 4.72. The normalized spacial score (nSPS) is 25.4. The summed E-state index contributed by atoms with van der Waals surface area (Å²) in [6.07, 6.45) is 0.821. The van der Waals surface area contributed by atoms with Crippen LogP contribution in [0.3, 0.4) is 0 Å². The molecule has 0 heterocycles. The molecule has 0 radical (unpaired) electrons. The lowest BCUT2D eigenvalue weighted by atomic mass is 10.0. The fourth-order valence-electron chi connectivity index (χ4n) is 1.23. The monoisotopic (exact) mass is 199 g/mol. The minimum absolute atomic E-state index is 0.0760. The van der Waals surface area contributed by atoms with Crippen molar-refractivity contribution < 1.29 is 9.59 Å². The van der Waals surface area contributed by atoms with Gasteiger partial charge in [0.25, 0.3) is 0 Å². The summed E-state index contributed by atoms with van der Waals surface area (Å²) in [6, 6.07) is 0.155. The molecule has 1 fully saturated rings. The molecule has 14 heavy (non-hydrogen) atoms. The maximum atomic E-state index is 11.6. The number of hydrogen-bond donors (Lipinski definition) is 3. The molecule has 5 nitrogen and oxygen atoms in total. The van der Waals surface area contributed by atoms with E-state index < -0.39 is 5.54 Å². The summed E-state index contributed by atoms with van der Waals surface area (Å²) in [5.41, 5.74) is 4.69. The molecule has 1 aliphatic rings. The second-order valence-corrected chi connectivity index (χ2v) is 4.29. The second-order valence-electron chi connectivity index (χ2n) is 4.29. The van der Waals surface area contributed by atoms with Gasteiger partial charge in [-0.05, 0) is 20.3 Å². The van der Waals surface area contributed by atoms with Crippen molar-refractivity contribution in [1.82, 2.24) is 10.6 Å². The van der Waals surface area contributed by atoms with Gasteiger partial charge in [-0.15, -0.1) is 0 Å². The van der Waals surface area contributed by atoms with Gasteiger partial charge in [0.2, 0.25) is 11.8 Å². The lowest BCUT2D eigenvalue weighted by molar-refractivity contribution is -0.131. The Bertz CT molecular complexity index is 263. The smallest absolute Gasteiger partial charge is 0.245 e. The molecule has 0 aromatic rings. The second kappa shape index (κ2) is 3.57. The number of carbonyl (C=O) groups is 2. The van der Waals surface area contributed by atoms with Crippen LogP contribution in [0, 0.1) is 0 Å². The van der Waals surface area contributed by atoms with E-state index in [9.17, 15) is 9.59 Å². The lowest BCUT2D eigenvalue weighted by Gasteiger charge is -2.24. The molecular weight excluding hydrogens is 182 g/mol. The zero-order valence-corrected chi connectivity index (χ0v) is 8.76. The molecule has 0 aromatic heterocycles. The third-order valence-corrected chi connectivity index (χ3v) is 2.21. The molecule has 0 aliphatic heterocycles. The van der Waals surface area contributed by atoms with Crippen LogP contribution in [0.15, 0.2) is 0 Å². The molecule has 0 aromatic carbocycles. The molecule has 5 heteroatoms. The van der Waals surface area contributed by atoms with E-state index in [1.54, 1.807) is 13.8 Å². The number of nitrogens with two attached hydrogens (primary N) is 1. The highest BCUT2D eigenvalue weighted by atomic mass is 16.2. The van der Waals surface area contributed by atoms with Crippen LogP contribution in [0.5, 0.6) is 0 Å². The topological polar surface area (TPSA) is 84.2 Å². The van der Waals surface area contributed by atoms with E-state index in [0.717, 1.165) is 6.42 Å². The number of amides is 2. The molecule has 1 aliphatic carbocycles. The first-order valence-corrected chi connectivity index (χ1v) is 4.68. The van der Waals surface area contributed by atoms with Gasteiger partial charge < -0.3 is 16.4 Å². The molecule has 2 unspecified atom stereocenters. The van der Waals surface area contributed by atoms with Crippen molar-refractivity contribution in [2.75, 3.05) is 0 Å². The van der Waals surface area contributed by atoms with E-state index in [1.807, 2.05) is 0 Å². The van der Waals surface area contributed by atoms with Crippen LogP contribution < -0.4 is 16.4 Å². The average Bonchev–Trinajstić information content (AvgIpc) is 2.63. The lowest BCUT2D eigenvalue weighted by Crippen LogP contribution is -2.55. The van der Waals surface area contributed by atoms with E-state index >= 15 is 0 Å². The highest BCUT2D eigenvalue weighted by molar-refractivity contribution is 5.90. The van der Waals surface area contributed by atoms with Crippen molar-refractivity contribution in [1.29, 1.82) is 0 Å². The van der Waals surface area contributed by atoms with Crippen molar-refractivity contribution in [3.8, 4) is 0 Å². The fraction of sp³-hybridized carbons (Fsp3) is 0.778. The van der Waals surface area contributed by atoms with Gasteiger partial charge in [-0.1, -0.05) is 0 Å². The standard InChI is InChI=1S/C9H17N3O2/c1-5(13)12-9(2,3)8(14)11-7-4-6(7)10/h6-7H,4,10H2,1-3H3,(H,11,14)(H,12,13). The average molecular weight is 199 g/mol. The Balaban J connectivity index is 2.45. The van der Waals surface area contributed by atoms with Crippen molar-refractivity contribution in [3.63, 3.8) is 0 Å². The van der Waals surface area contributed by atoms with Gasteiger partial charge in [0, 0.05) is 19.0 Å². The SMILES string of the molecule is CC(=O)NC(C)(C)C(=O)NC1CC1N. The largest absolute Gasteiger partial charge is 0.350 e. The van der Waals surface area contributed by atoms with Crippen LogP contribution >= 0.6 is 0 Å². The Morgan fingerprint density at radius 1 is 1.43 bits per heavy atom. The van der Waals surface area contributed by atoms with Gasteiger partial charge in [-0.25, -0.2) is 0 Å². The van der Waals surface area contributed by atoms with Crippen molar-refractivity contribution >= 4 is 11.8 Å². The predicted octanol–water partition coefficient (Wildman–Crippen LogP) is -0.883. The van der Waals surface area contributed by atoms with E-state index in [1.165, 1.54) is 6.92 Å². The minimum atomic E-state index is -0.867. The maximum absolute atomic E-state index is 11.6. The summed E-state index contributed by atoms with van der Waals surface area (Å²) in [7, 11) is 0. The maximum Gasteiger partial charge on any atom is 0.245 e. The predicted molar refractivity (Wildman–Crippen MR) is 52.4 cm³/mol. The third-order valence-electron chi connectivity index (χ3n) is 2.21. The quantitative estimate of drug-likeness (QED) is 0.551. The van der Waals surface area contributed by atoms with Gasteiger partial charge in [-0.2, -0.15) is 0 Å². The van der Waals surface area contributed by atoms with Crippen LogP contribution in [-0.4, -0.2) is 29.4 Å². The minimum Gasteiger partial charge on any atom is -0.350 e. The van der Waals surface area contributed by atoms with E-state index in [4.69, 9.17) is 5.73 Å². The van der Waals surface area contributed by atoms with Gasteiger partial charge >= 0.3 is 0 Å². The molecule has 4 N–H and O–H groups in total. The van der Waals surface area contributed by atoms with E-state index in [2.05, 4.69) is 10.6 Å². The van der Waals surface area contributed by atoms with Crippen LogP contribution in [0.1, 0.15) is 27.2 Å². The van der Waals surface area contributed by atoms with Crippen LogP contribution in [-0.2, 0) is 9.59 Å². The molecular formula is C9H17N3O2. The first kappa shape index (κ1) is 11.0. The van der Waals surface area contributed by atoms with Crippen LogP contribution in [0.4, 0.5) is 0 Å². The summed E-state index contributed by atoms with van der Waals surface area (Å²) < 4.78 is 0. The van der Waals surface area contributed by atoms with Gasteiger partial charge in [0.15, 0.2) is 0 Å². The van der Waals surface area contributed by atoms with E-state index in [-0.39, 0.29) is 23.9 Å². The van der Waals surface area contributed by atoms with Crippen LogP contribution in [0.2, 0.25) is 0 Å². The van der Waals surface area contributed by atoms with Gasteiger partial charge in [0.1, 0.15) is 5.54 Å². The summed E-state index contributed by atoms with van der Waals surface area (Å²) in [5, 5.41) is 5.35. The molecule has 0 spiro atoms. The molecule has 1 rings (SSSR count). The molecule has 2 amide bonds. The first-order chi connectivity index (χ1) is 6.33. The van der Waals surface area contributed by atoms with E-state index in [0.29, 0.717) is 0 Å². The Hall–Kier alpha value is -1.10. The Labute approximate surface area is 83.4 Å². The molecule has 0 saturated heterocycles. The highest BCUT2D eigenvalue weighted by Gasteiger charge is 2.38. The van der Waals surface area contributed by atoms with Gasteiger partial charge in [-0.3, -0.25) is 9.59 Å². The molecule has 1 saturated carbocycles. The molecule has 80 valence electrons. The summed E-state index contributed by atoms with van der Waals surface area (Å²) >= 11 is 0. The Kier molecular flexibility index (Phi) is 2.80. The summed E-state index contributed by atoms with van der Waals surface area (Å²) in [5.74, 6) is -0.407.